The number of carbonyl (C=O) groups excluding carboxylic acids is 3. The van der Waals surface area contributed by atoms with E-state index in [0.717, 1.165) is 18.7 Å². The molecule has 0 atom stereocenters. The van der Waals surface area contributed by atoms with Gasteiger partial charge in [-0.2, -0.15) is 0 Å². The second-order valence-corrected chi connectivity index (χ2v) is 8.18. The van der Waals surface area contributed by atoms with Crippen LogP contribution in [0.1, 0.15) is 101 Å². The van der Waals surface area contributed by atoms with Crippen LogP contribution < -0.4 is 15.5 Å². The van der Waals surface area contributed by atoms with Crippen molar-refractivity contribution in [3.63, 3.8) is 0 Å². The first-order chi connectivity index (χ1) is 15.0. The molecule has 1 rings (SSSR count). The van der Waals surface area contributed by atoms with Crippen molar-refractivity contribution >= 4 is 23.4 Å². The van der Waals surface area contributed by atoms with E-state index in [1.165, 1.54) is 89.2 Å². The number of nitrogens with one attached hydrogen (secondary N) is 1. The minimum atomic E-state index is -2.29. The molecular formula is C25H37NO5-2. The molecule has 0 aromatic heterocycles. The van der Waals surface area contributed by atoms with Crippen molar-refractivity contribution in [3.05, 3.63) is 29.8 Å². The van der Waals surface area contributed by atoms with E-state index in [9.17, 15) is 24.6 Å². The van der Waals surface area contributed by atoms with Crippen LogP contribution in [0.2, 0.25) is 0 Å². The van der Waals surface area contributed by atoms with Crippen LogP contribution in [0.15, 0.2) is 24.3 Å². The first kappa shape index (κ1) is 26.7. The Labute approximate surface area is 186 Å². The predicted molar refractivity (Wildman–Crippen MR) is 118 cm³/mol. The molecule has 0 amide bonds. The highest BCUT2D eigenvalue weighted by atomic mass is 16.4. The molecule has 0 heterocycles. The zero-order valence-corrected chi connectivity index (χ0v) is 18.8. The van der Waals surface area contributed by atoms with Crippen molar-refractivity contribution in [2.45, 2.75) is 90.4 Å². The fourth-order valence-electron chi connectivity index (χ4n) is 3.60. The van der Waals surface area contributed by atoms with Crippen molar-refractivity contribution in [3.8, 4) is 0 Å². The van der Waals surface area contributed by atoms with E-state index in [-0.39, 0.29) is 5.56 Å². The van der Waals surface area contributed by atoms with Crippen LogP contribution in [0.25, 0.3) is 0 Å². The number of unbranched alkanes of at least 4 members (excludes halogenated alkanes) is 12. The average molecular weight is 432 g/mol. The average Bonchev–Trinajstić information content (AvgIpc) is 2.74. The monoisotopic (exact) mass is 431 g/mol. The maximum Gasteiger partial charge on any atom is 0.177 e. The van der Waals surface area contributed by atoms with Gasteiger partial charge < -0.3 is 25.1 Å². The van der Waals surface area contributed by atoms with Gasteiger partial charge in [0.15, 0.2) is 5.78 Å². The first-order valence-corrected chi connectivity index (χ1v) is 11.8. The molecule has 0 unspecified atom stereocenters. The summed E-state index contributed by atoms with van der Waals surface area (Å²) in [5, 5.41) is 24.9. The molecule has 0 aliphatic rings. The van der Waals surface area contributed by atoms with Crippen molar-refractivity contribution in [2.24, 2.45) is 5.92 Å². The van der Waals surface area contributed by atoms with Crippen molar-refractivity contribution in [1.29, 1.82) is 0 Å². The van der Waals surface area contributed by atoms with Crippen LogP contribution >= 0.6 is 0 Å². The van der Waals surface area contributed by atoms with Gasteiger partial charge in [0, 0.05) is 17.8 Å². The second-order valence-electron chi connectivity index (χ2n) is 8.18. The first-order valence-electron chi connectivity index (χ1n) is 11.8. The van der Waals surface area contributed by atoms with Gasteiger partial charge in [0.05, 0.1) is 11.9 Å². The molecule has 6 nitrogen and oxygen atoms in total. The van der Waals surface area contributed by atoms with E-state index >= 15 is 0 Å². The quantitative estimate of drug-likeness (QED) is 0.204. The summed E-state index contributed by atoms with van der Waals surface area (Å²) in [5.74, 6) is -7.25. The van der Waals surface area contributed by atoms with Gasteiger partial charge in [-0.15, -0.1) is 0 Å². The fourth-order valence-corrected chi connectivity index (χ4v) is 3.60. The number of Topliss-reactive ketones (excluding diaryl/α,β-unsaturated/α-hetero) is 1. The van der Waals surface area contributed by atoms with Gasteiger partial charge in [-0.25, -0.2) is 0 Å². The summed E-state index contributed by atoms with van der Waals surface area (Å²) < 4.78 is 0. The summed E-state index contributed by atoms with van der Waals surface area (Å²) >= 11 is 0. The van der Waals surface area contributed by atoms with Crippen LogP contribution in [-0.4, -0.2) is 24.3 Å². The van der Waals surface area contributed by atoms with E-state index in [0.29, 0.717) is 0 Å². The molecule has 0 bridgehead atoms. The highest BCUT2D eigenvalue weighted by Crippen LogP contribution is 2.15. The van der Waals surface area contributed by atoms with Gasteiger partial charge in [-0.1, -0.05) is 84.0 Å². The van der Waals surface area contributed by atoms with Crippen molar-refractivity contribution in [1.82, 2.24) is 0 Å². The zero-order valence-electron chi connectivity index (χ0n) is 18.8. The molecule has 31 heavy (non-hydrogen) atoms. The van der Waals surface area contributed by atoms with Crippen LogP contribution in [0, 0.1) is 5.92 Å². The van der Waals surface area contributed by atoms with Gasteiger partial charge in [0.1, 0.15) is 5.92 Å². The Morgan fingerprint density at radius 3 is 1.55 bits per heavy atom. The van der Waals surface area contributed by atoms with Gasteiger partial charge >= 0.3 is 0 Å². The van der Waals surface area contributed by atoms with Gasteiger partial charge in [0.25, 0.3) is 0 Å². The fraction of sp³-hybridized carbons (Fsp3) is 0.640. The van der Waals surface area contributed by atoms with Crippen LogP contribution in [0.3, 0.4) is 0 Å². The van der Waals surface area contributed by atoms with E-state index in [4.69, 9.17) is 0 Å². The van der Waals surface area contributed by atoms with E-state index in [1.807, 2.05) is 0 Å². The Hall–Kier alpha value is -2.37. The molecule has 6 heteroatoms. The number of carboxylic acid groups (broad SMARTS) is 2. The topological polar surface area (TPSA) is 109 Å². The molecule has 1 aromatic carbocycles. The normalized spacial score (nSPS) is 10.9. The maximum absolute atomic E-state index is 12.0. The molecule has 1 N–H and O–H groups in total. The van der Waals surface area contributed by atoms with Crippen LogP contribution in [0.5, 0.6) is 0 Å². The Kier molecular flexibility index (Phi) is 14.1. The lowest BCUT2D eigenvalue weighted by atomic mass is 9.97. The number of carboxylic acids is 2. The highest BCUT2D eigenvalue weighted by Gasteiger charge is 2.22. The lowest BCUT2D eigenvalue weighted by molar-refractivity contribution is -0.328. The van der Waals surface area contributed by atoms with E-state index in [2.05, 4.69) is 12.2 Å². The largest absolute Gasteiger partial charge is 0.549 e. The summed E-state index contributed by atoms with van der Waals surface area (Å²) in [5.41, 5.74) is 0.804. The Morgan fingerprint density at radius 1 is 0.710 bits per heavy atom. The maximum atomic E-state index is 12.0. The molecule has 0 saturated heterocycles. The third-order valence-electron chi connectivity index (χ3n) is 5.51. The summed E-state index contributed by atoms with van der Waals surface area (Å²) in [6.07, 6.45) is 17.0. The summed E-state index contributed by atoms with van der Waals surface area (Å²) in [4.78, 5) is 33.6. The smallest absolute Gasteiger partial charge is 0.177 e. The number of benzene rings is 1. The van der Waals surface area contributed by atoms with Crippen LogP contribution in [0.4, 0.5) is 5.69 Å². The lowest BCUT2D eigenvalue weighted by Crippen LogP contribution is -2.47. The summed E-state index contributed by atoms with van der Waals surface area (Å²) in [6.45, 7) is 3.06. The van der Waals surface area contributed by atoms with Gasteiger partial charge in [0.2, 0.25) is 0 Å². The molecule has 0 radical (unpaired) electrons. The second kappa shape index (κ2) is 16.3. The lowest BCUT2D eigenvalue weighted by Gasteiger charge is -2.17. The number of aliphatic carboxylic acids is 2. The summed E-state index contributed by atoms with van der Waals surface area (Å²) in [7, 11) is 0. The van der Waals surface area contributed by atoms with Crippen molar-refractivity contribution in [2.75, 3.05) is 11.9 Å². The molecule has 0 aliphatic carbocycles. The van der Waals surface area contributed by atoms with E-state index < -0.39 is 23.6 Å². The zero-order chi connectivity index (χ0) is 22.9. The number of hydrogen-bond donors (Lipinski definition) is 1. The Bertz CT molecular complexity index is 642. The number of anilines is 1. The third kappa shape index (κ3) is 11.6. The number of rotatable bonds is 19. The standard InChI is InChI=1S/C25H39NO5/c1-2-3-4-5-6-7-8-9-10-11-12-13-14-19-26-21-17-15-20(16-18-21)23(27)22(24(28)29)25(30)31/h15-18,22,26H,2-14,19H2,1H3,(H,28,29)(H,30,31)/p-2. The minimum Gasteiger partial charge on any atom is -0.549 e. The minimum absolute atomic E-state index is 0.00455. The molecular weight excluding hydrogens is 394 g/mol. The third-order valence-corrected chi connectivity index (χ3v) is 5.51. The molecule has 174 valence electrons. The Balaban J connectivity index is 2.10. The number of hydrogen-bond acceptors (Lipinski definition) is 6. The molecule has 0 fully saturated rings. The summed E-state index contributed by atoms with van der Waals surface area (Å²) in [6, 6.07) is 6.09. The Morgan fingerprint density at radius 2 is 1.13 bits per heavy atom. The van der Waals surface area contributed by atoms with Crippen molar-refractivity contribution < 1.29 is 24.6 Å². The molecule has 0 saturated carbocycles. The molecule has 1 aromatic rings. The van der Waals surface area contributed by atoms with Gasteiger partial charge in [-0.05, 0) is 30.7 Å². The number of ketones is 1. The van der Waals surface area contributed by atoms with E-state index in [1.54, 1.807) is 12.1 Å². The predicted octanol–water partition coefficient (Wildman–Crippen LogP) is 3.49. The molecule has 0 spiro atoms. The highest BCUT2D eigenvalue weighted by molar-refractivity contribution is 6.19. The molecule has 0 aliphatic heterocycles. The number of carbonyl (C=O) groups is 3. The SMILES string of the molecule is CCCCCCCCCCCCCCCNc1ccc(C(=O)C(C(=O)[O-])C(=O)[O-])cc1. The van der Waals surface area contributed by atoms with Crippen LogP contribution in [-0.2, 0) is 9.59 Å². The van der Waals surface area contributed by atoms with Gasteiger partial charge in [-0.3, -0.25) is 4.79 Å².